The first-order valence-corrected chi connectivity index (χ1v) is 18.3. The molecule has 7 heteroatoms. The lowest BCUT2D eigenvalue weighted by Gasteiger charge is -2.40. The maximum Gasteiger partial charge on any atom is 0.303 e. The molecule has 6 nitrogen and oxygen atoms in total. The fraction of sp³-hybridized carbons (Fsp3) is 0.903. The third-order valence-corrected chi connectivity index (χ3v) is 13.6. The van der Waals surface area contributed by atoms with E-state index in [4.69, 9.17) is 19.0 Å². The third-order valence-electron chi connectivity index (χ3n) is 9.02. The van der Waals surface area contributed by atoms with E-state index in [-0.39, 0.29) is 41.8 Å². The van der Waals surface area contributed by atoms with Crippen LogP contribution in [-0.2, 0) is 18.7 Å². The Hall–Kier alpha value is -0.733. The van der Waals surface area contributed by atoms with Gasteiger partial charge in [-0.15, -0.1) is 0 Å². The lowest BCUT2D eigenvalue weighted by atomic mass is 9.85. The summed E-state index contributed by atoms with van der Waals surface area (Å²) in [6.07, 6.45) is 16.9. The molecule has 2 N–H and O–H groups in total. The number of aliphatic hydroxyl groups is 1. The highest BCUT2D eigenvalue weighted by Crippen LogP contribution is 2.43. The summed E-state index contributed by atoms with van der Waals surface area (Å²) in [6, 6.07) is 0. The Kier molecular flexibility index (Phi) is 14.5. The van der Waals surface area contributed by atoms with Crippen molar-refractivity contribution < 1.29 is 28.9 Å². The van der Waals surface area contributed by atoms with E-state index in [1.54, 1.807) is 0 Å². The molecular formula is C31H58O6Si. The topological polar surface area (TPSA) is 85.2 Å². The van der Waals surface area contributed by atoms with E-state index in [0.29, 0.717) is 12.8 Å². The van der Waals surface area contributed by atoms with Crippen LogP contribution in [0.3, 0.4) is 0 Å². The van der Waals surface area contributed by atoms with Crippen LogP contribution < -0.4 is 0 Å². The molecule has 0 aromatic carbocycles. The average Bonchev–Trinajstić information content (AvgIpc) is 3.12. The van der Waals surface area contributed by atoms with E-state index >= 15 is 0 Å². The van der Waals surface area contributed by atoms with Crippen LogP contribution in [0, 0.1) is 11.8 Å². The zero-order valence-corrected chi connectivity index (χ0v) is 26.3. The van der Waals surface area contributed by atoms with Gasteiger partial charge in [-0.3, -0.25) is 4.79 Å². The minimum atomic E-state index is -1.88. The second-order valence-electron chi connectivity index (χ2n) is 13.2. The van der Waals surface area contributed by atoms with E-state index < -0.39 is 20.4 Å². The number of rotatable bonds is 17. The molecule has 0 radical (unpaired) electrons. The molecule has 38 heavy (non-hydrogen) atoms. The Morgan fingerprint density at radius 1 is 1.11 bits per heavy atom. The number of aliphatic carboxylic acids is 1. The SMILES string of the molecule is CCCCC[C@H](CC[C@H]1C(OC2CCCCO2)C[C@H](O)[C@@H]1CC=CCCCC(=O)O)O[Si](C)(C)C(C)(C)C. The van der Waals surface area contributed by atoms with Crippen LogP contribution in [0.25, 0.3) is 0 Å². The Balaban J connectivity index is 2.10. The summed E-state index contributed by atoms with van der Waals surface area (Å²) in [6.45, 7) is 14.6. The minimum Gasteiger partial charge on any atom is -0.481 e. The fourth-order valence-corrected chi connectivity index (χ4v) is 7.07. The highest BCUT2D eigenvalue weighted by Gasteiger charge is 2.44. The summed E-state index contributed by atoms with van der Waals surface area (Å²) in [5.41, 5.74) is 0. The minimum absolute atomic E-state index is 0.00248. The predicted octanol–water partition coefficient (Wildman–Crippen LogP) is 7.85. The second-order valence-corrected chi connectivity index (χ2v) is 17.9. The van der Waals surface area contributed by atoms with Crippen LogP contribution in [0.2, 0.25) is 18.1 Å². The fourth-order valence-electron chi connectivity index (χ4n) is 5.65. The Morgan fingerprint density at radius 2 is 1.87 bits per heavy atom. The maximum absolute atomic E-state index is 11.1. The van der Waals surface area contributed by atoms with Gasteiger partial charge in [-0.25, -0.2) is 0 Å². The molecule has 1 saturated carbocycles. The Labute approximate surface area is 234 Å². The molecule has 0 aromatic heterocycles. The number of carbonyl (C=O) groups is 1. The van der Waals surface area contributed by atoms with Gasteiger partial charge < -0.3 is 24.1 Å². The number of carboxylic acid groups (broad SMARTS) is 1. The molecule has 2 unspecified atom stereocenters. The molecule has 0 aromatic rings. The maximum atomic E-state index is 11.1. The molecule has 222 valence electrons. The molecule has 2 fully saturated rings. The van der Waals surface area contributed by atoms with Crippen LogP contribution in [0.1, 0.15) is 118 Å². The first-order chi connectivity index (χ1) is 17.9. The number of ether oxygens (including phenoxy) is 2. The molecule has 6 atom stereocenters. The van der Waals surface area contributed by atoms with Gasteiger partial charge in [-0.2, -0.15) is 0 Å². The van der Waals surface area contributed by atoms with Gasteiger partial charge in [-0.05, 0) is 87.8 Å². The summed E-state index contributed by atoms with van der Waals surface area (Å²) in [7, 11) is -1.88. The molecule has 1 heterocycles. The van der Waals surface area contributed by atoms with Gasteiger partial charge in [-0.1, -0.05) is 59.1 Å². The smallest absolute Gasteiger partial charge is 0.303 e. The van der Waals surface area contributed by atoms with Gasteiger partial charge in [0.1, 0.15) is 0 Å². The number of allylic oxidation sites excluding steroid dienone is 2. The lowest BCUT2D eigenvalue weighted by Crippen LogP contribution is -2.44. The highest BCUT2D eigenvalue weighted by molar-refractivity contribution is 6.74. The van der Waals surface area contributed by atoms with Gasteiger partial charge in [0.05, 0.1) is 12.2 Å². The highest BCUT2D eigenvalue weighted by atomic mass is 28.4. The number of aliphatic hydroxyl groups excluding tert-OH is 1. The van der Waals surface area contributed by atoms with Crippen molar-refractivity contribution in [2.45, 2.75) is 160 Å². The number of hydrogen-bond donors (Lipinski definition) is 2. The van der Waals surface area contributed by atoms with Crippen molar-refractivity contribution in [3.8, 4) is 0 Å². The van der Waals surface area contributed by atoms with E-state index in [1.165, 1.54) is 19.3 Å². The summed E-state index contributed by atoms with van der Waals surface area (Å²) < 4.78 is 19.4. The first-order valence-electron chi connectivity index (χ1n) is 15.4. The standard InChI is InChI=1S/C31H58O6Si/c1-7-8-11-16-24(37-38(5,6)31(2,3)4)20-21-26-25(17-12-9-10-13-18-29(33)34)27(32)23-28(26)36-30-19-14-15-22-35-30/h9,12,24-28,30,32H,7-8,10-11,13-23H2,1-6H3,(H,33,34)/t24-,25-,26-,27+,28?,30?/m1/s1. The van der Waals surface area contributed by atoms with Crippen molar-refractivity contribution in [3.05, 3.63) is 12.2 Å². The molecule has 0 amide bonds. The normalized spacial score (nSPS) is 27.7. The summed E-state index contributed by atoms with van der Waals surface area (Å²) in [4.78, 5) is 10.8. The molecular weight excluding hydrogens is 496 g/mol. The zero-order chi connectivity index (χ0) is 28.2. The van der Waals surface area contributed by atoms with Crippen molar-refractivity contribution in [2.75, 3.05) is 6.61 Å². The van der Waals surface area contributed by atoms with Crippen LogP contribution >= 0.6 is 0 Å². The summed E-state index contributed by atoms with van der Waals surface area (Å²) in [5.74, 6) is -0.345. The molecule has 1 aliphatic carbocycles. The van der Waals surface area contributed by atoms with E-state index in [0.717, 1.165) is 58.0 Å². The summed E-state index contributed by atoms with van der Waals surface area (Å²) in [5, 5.41) is 20.2. The van der Waals surface area contributed by atoms with Gasteiger partial charge in [0.15, 0.2) is 14.6 Å². The quantitative estimate of drug-likeness (QED) is 0.108. The van der Waals surface area contributed by atoms with Crippen LogP contribution in [0.15, 0.2) is 12.2 Å². The number of hydrogen-bond acceptors (Lipinski definition) is 5. The van der Waals surface area contributed by atoms with Gasteiger partial charge in [0.25, 0.3) is 0 Å². The van der Waals surface area contributed by atoms with Crippen LogP contribution in [-0.4, -0.2) is 55.7 Å². The van der Waals surface area contributed by atoms with Gasteiger partial charge in [0, 0.05) is 25.6 Å². The molecule has 0 bridgehead atoms. The van der Waals surface area contributed by atoms with Crippen molar-refractivity contribution in [3.63, 3.8) is 0 Å². The van der Waals surface area contributed by atoms with Crippen molar-refractivity contribution >= 4 is 14.3 Å². The van der Waals surface area contributed by atoms with Crippen molar-refractivity contribution in [2.24, 2.45) is 11.8 Å². The van der Waals surface area contributed by atoms with E-state index in [9.17, 15) is 9.90 Å². The zero-order valence-electron chi connectivity index (χ0n) is 25.3. The first kappa shape index (κ1) is 33.5. The predicted molar refractivity (Wildman–Crippen MR) is 157 cm³/mol. The van der Waals surface area contributed by atoms with Crippen LogP contribution in [0.5, 0.6) is 0 Å². The lowest BCUT2D eigenvalue weighted by molar-refractivity contribution is -0.196. The monoisotopic (exact) mass is 554 g/mol. The van der Waals surface area contributed by atoms with Crippen molar-refractivity contribution in [1.29, 1.82) is 0 Å². The van der Waals surface area contributed by atoms with Crippen molar-refractivity contribution in [1.82, 2.24) is 0 Å². The molecule has 2 aliphatic rings. The number of unbranched alkanes of at least 4 members (excludes halogenated alkanes) is 3. The van der Waals surface area contributed by atoms with Crippen LogP contribution in [0.4, 0.5) is 0 Å². The van der Waals surface area contributed by atoms with E-state index in [2.05, 4.69) is 52.9 Å². The van der Waals surface area contributed by atoms with Gasteiger partial charge >= 0.3 is 5.97 Å². The molecule has 2 rings (SSSR count). The number of carboxylic acids is 1. The molecule has 1 aliphatic heterocycles. The Morgan fingerprint density at radius 3 is 2.50 bits per heavy atom. The molecule has 0 spiro atoms. The largest absolute Gasteiger partial charge is 0.481 e. The molecule has 1 saturated heterocycles. The van der Waals surface area contributed by atoms with Gasteiger partial charge in [0.2, 0.25) is 0 Å². The second kappa shape index (κ2) is 16.5. The summed E-state index contributed by atoms with van der Waals surface area (Å²) >= 11 is 0. The average molecular weight is 555 g/mol. The third kappa shape index (κ3) is 11.4. The van der Waals surface area contributed by atoms with E-state index in [1.807, 2.05) is 0 Å². The Bertz CT molecular complexity index is 697.